The van der Waals surface area contributed by atoms with E-state index in [0.29, 0.717) is 0 Å². The van der Waals surface area contributed by atoms with Gasteiger partial charge in [-0.15, -0.1) is 12.4 Å². The number of fused-ring (bicyclic) bond motifs is 1. The van der Waals surface area contributed by atoms with Crippen LogP contribution in [0.3, 0.4) is 0 Å². The van der Waals surface area contributed by atoms with Crippen LogP contribution in [0.1, 0.15) is 22.7 Å². The van der Waals surface area contributed by atoms with Crippen LogP contribution in [-0.4, -0.2) is 27.9 Å². The third-order valence-corrected chi connectivity index (χ3v) is 4.41. The Bertz CT molecular complexity index is 673. The van der Waals surface area contributed by atoms with Crippen LogP contribution in [0.4, 0.5) is 0 Å². The van der Waals surface area contributed by atoms with Gasteiger partial charge < -0.3 is 19.5 Å². The van der Waals surface area contributed by atoms with E-state index in [2.05, 4.69) is 23.5 Å². The molecule has 0 amide bonds. The first kappa shape index (κ1) is 18.4. The van der Waals surface area contributed by atoms with Gasteiger partial charge in [-0.2, -0.15) is 0 Å². The molecule has 1 aliphatic rings. The molecule has 1 atom stereocenters. The predicted molar refractivity (Wildman–Crippen MR) is 97.9 cm³/mol. The van der Waals surface area contributed by atoms with Gasteiger partial charge in [0.05, 0.1) is 21.3 Å². The van der Waals surface area contributed by atoms with Crippen molar-refractivity contribution in [2.45, 2.75) is 18.9 Å². The maximum Gasteiger partial charge on any atom is 0.165 e. The van der Waals surface area contributed by atoms with Crippen molar-refractivity contribution in [3.05, 3.63) is 53.1 Å². The van der Waals surface area contributed by atoms with Crippen molar-refractivity contribution in [1.29, 1.82) is 0 Å². The summed E-state index contributed by atoms with van der Waals surface area (Å²) in [5, 5.41) is 3.61. The Morgan fingerprint density at radius 3 is 2.33 bits per heavy atom. The van der Waals surface area contributed by atoms with Crippen molar-refractivity contribution in [1.82, 2.24) is 5.32 Å². The van der Waals surface area contributed by atoms with E-state index in [4.69, 9.17) is 14.2 Å². The predicted octanol–water partition coefficient (Wildman–Crippen LogP) is 3.56. The summed E-state index contributed by atoms with van der Waals surface area (Å²) in [4.78, 5) is 0. The third kappa shape index (κ3) is 3.60. The van der Waals surface area contributed by atoms with Gasteiger partial charge in [0.15, 0.2) is 11.5 Å². The Hall–Kier alpha value is -1.91. The SMILES string of the molecule is COc1ccc(CC2NCCc3ccc(OC)c(OC)c32)cc1.Cl. The Morgan fingerprint density at radius 2 is 1.71 bits per heavy atom. The summed E-state index contributed by atoms with van der Waals surface area (Å²) in [6.07, 6.45) is 1.91. The topological polar surface area (TPSA) is 39.7 Å². The first-order valence-corrected chi connectivity index (χ1v) is 7.87. The highest BCUT2D eigenvalue weighted by atomic mass is 35.5. The molecular formula is C19H24ClNO3. The second kappa shape index (κ2) is 8.27. The molecule has 0 saturated heterocycles. The fourth-order valence-corrected chi connectivity index (χ4v) is 3.25. The number of hydrogen-bond acceptors (Lipinski definition) is 4. The molecule has 5 heteroatoms. The van der Waals surface area contributed by atoms with E-state index in [0.717, 1.165) is 36.6 Å². The van der Waals surface area contributed by atoms with E-state index in [1.807, 2.05) is 18.2 Å². The number of benzene rings is 2. The molecule has 4 nitrogen and oxygen atoms in total. The fourth-order valence-electron chi connectivity index (χ4n) is 3.25. The Kier molecular flexibility index (Phi) is 6.35. The molecule has 130 valence electrons. The first-order valence-electron chi connectivity index (χ1n) is 7.87. The van der Waals surface area contributed by atoms with Crippen molar-refractivity contribution in [3.8, 4) is 17.2 Å². The Balaban J connectivity index is 0.00000208. The number of hydrogen-bond donors (Lipinski definition) is 1. The average Bonchev–Trinajstić information content (AvgIpc) is 2.61. The normalized spacial score (nSPS) is 15.9. The zero-order valence-electron chi connectivity index (χ0n) is 14.3. The molecule has 1 unspecified atom stereocenters. The first-order chi connectivity index (χ1) is 11.3. The second-order valence-corrected chi connectivity index (χ2v) is 5.68. The molecule has 1 aliphatic heterocycles. The van der Waals surface area contributed by atoms with Crippen molar-refractivity contribution in [2.75, 3.05) is 27.9 Å². The van der Waals surface area contributed by atoms with Gasteiger partial charge in [-0.05, 0) is 48.7 Å². The van der Waals surface area contributed by atoms with E-state index in [1.165, 1.54) is 16.7 Å². The maximum absolute atomic E-state index is 5.65. The average molecular weight is 350 g/mol. The summed E-state index contributed by atoms with van der Waals surface area (Å²) >= 11 is 0. The van der Waals surface area contributed by atoms with Crippen molar-refractivity contribution in [2.24, 2.45) is 0 Å². The number of rotatable bonds is 5. The number of nitrogens with one attached hydrogen (secondary N) is 1. The lowest BCUT2D eigenvalue weighted by atomic mass is 9.89. The van der Waals surface area contributed by atoms with Gasteiger partial charge in [-0.3, -0.25) is 0 Å². The van der Waals surface area contributed by atoms with E-state index in [9.17, 15) is 0 Å². The zero-order valence-corrected chi connectivity index (χ0v) is 15.1. The minimum absolute atomic E-state index is 0. The van der Waals surface area contributed by atoms with Crippen molar-refractivity contribution >= 4 is 12.4 Å². The standard InChI is InChI=1S/C19H23NO3.ClH/c1-21-15-7-4-13(5-8-15)12-16-18-14(10-11-20-16)6-9-17(22-2)19(18)23-3;/h4-9,16,20H,10-12H2,1-3H3;1H. The van der Waals surface area contributed by atoms with Crippen LogP contribution in [0.5, 0.6) is 17.2 Å². The summed E-state index contributed by atoms with van der Waals surface area (Å²) in [6, 6.07) is 12.6. The lowest BCUT2D eigenvalue weighted by Gasteiger charge is -2.29. The monoisotopic (exact) mass is 349 g/mol. The van der Waals surface area contributed by atoms with Gasteiger partial charge in [0, 0.05) is 11.6 Å². The van der Waals surface area contributed by atoms with E-state index in [1.54, 1.807) is 21.3 Å². The largest absolute Gasteiger partial charge is 0.497 e. The summed E-state index contributed by atoms with van der Waals surface area (Å²) in [6.45, 7) is 0.976. The molecule has 3 rings (SSSR count). The summed E-state index contributed by atoms with van der Waals surface area (Å²) in [7, 11) is 5.07. The smallest absolute Gasteiger partial charge is 0.165 e. The van der Waals surface area contributed by atoms with Crippen LogP contribution >= 0.6 is 12.4 Å². The molecular weight excluding hydrogens is 326 g/mol. The molecule has 0 fully saturated rings. The van der Waals surface area contributed by atoms with E-state index in [-0.39, 0.29) is 18.4 Å². The van der Waals surface area contributed by atoms with Crippen LogP contribution in [0.25, 0.3) is 0 Å². The van der Waals surface area contributed by atoms with Crippen LogP contribution in [0.2, 0.25) is 0 Å². The summed E-state index contributed by atoms with van der Waals surface area (Å²) < 4.78 is 16.3. The van der Waals surface area contributed by atoms with Crippen LogP contribution in [0.15, 0.2) is 36.4 Å². The highest BCUT2D eigenvalue weighted by Gasteiger charge is 2.26. The van der Waals surface area contributed by atoms with Crippen molar-refractivity contribution < 1.29 is 14.2 Å². The lowest BCUT2D eigenvalue weighted by Crippen LogP contribution is -2.31. The molecule has 2 aromatic rings. The molecule has 0 aromatic heterocycles. The lowest BCUT2D eigenvalue weighted by molar-refractivity contribution is 0.342. The summed E-state index contributed by atoms with van der Waals surface area (Å²) in [5.74, 6) is 2.51. The van der Waals surface area contributed by atoms with Gasteiger partial charge in [0.25, 0.3) is 0 Å². The Morgan fingerprint density at radius 1 is 0.958 bits per heavy atom. The van der Waals surface area contributed by atoms with Crippen LogP contribution in [-0.2, 0) is 12.8 Å². The number of methoxy groups -OCH3 is 3. The minimum Gasteiger partial charge on any atom is -0.497 e. The molecule has 0 saturated carbocycles. The molecule has 0 bridgehead atoms. The van der Waals surface area contributed by atoms with Gasteiger partial charge in [0.2, 0.25) is 0 Å². The van der Waals surface area contributed by atoms with Gasteiger partial charge in [0.1, 0.15) is 5.75 Å². The molecule has 2 aromatic carbocycles. The molecule has 24 heavy (non-hydrogen) atoms. The van der Waals surface area contributed by atoms with E-state index < -0.39 is 0 Å². The third-order valence-electron chi connectivity index (χ3n) is 4.41. The number of halogens is 1. The molecule has 1 N–H and O–H groups in total. The second-order valence-electron chi connectivity index (χ2n) is 5.68. The molecule has 0 spiro atoms. The molecule has 1 heterocycles. The van der Waals surface area contributed by atoms with Gasteiger partial charge in [-0.25, -0.2) is 0 Å². The highest BCUT2D eigenvalue weighted by molar-refractivity contribution is 5.85. The zero-order chi connectivity index (χ0) is 16.2. The van der Waals surface area contributed by atoms with Crippen LogP contribution < -0.4 is 19.5 Å². The van der Waals surface area contributed by atoms with Crippen molar-refractivity contribution in [3.63, 3.8) is 0 Å². The molecule has 0 aliphatic carbocycles. The quantitative estimate of drug-likeness (QED) is 0.895. The van der Waals surface area contributed by atoms with Crippen LogP contribution in [0, 0.1) is 0 Å². The van der Waals surface area contributed by atoms with E-state index >= 15 is 0 Å². The van der Waals surface area contributed by atoms with Gasteiger partial charge in [-0.1, -0.05) is 18.2 Å². The summed E-state index contributed by atoms with van der Waals surface area (Å²) in [5.41, 5.74) is 3.81. The highest BCUT2D eigenvalue weighted by Crippen LogP contribution is 2.40. The minimum atomic E-state index is 0. The molecule has 0 radical (unpaired) electrons. The fraction of sp³-hybridized carbons (Fsp3) is 0.368. The van der Waals surface area contributed by atoms with Gasteiger partial charge >= 0.3 is 0 Å². The Labute approximate surface area is 149 Å². The number of ether oxygens (including phenoxy) is 3. The maximum atomic E-state index is 5.65.